The summed E-state index contributed by atoms with van der Waals surface area (Å²) in [5.41, 5.74) is 6.80. The van der Waals surface area contributed by atoms with Crippen molar-refractivity contribution in [1.29, 1.82) is 0 Å². The molecule has 0 aromatic heterocycles. The Hall–Kier alpha value is -0.0800. The van der Waals surface area contributed by atoms with Gasteiger partial charge in [-0.25, -0.2) is 0 Å². The Bertz CT molecular complexity index is 329. The van der Waals surface area contributed by atoms with Crippen molar-refractivity contribution < 1.29 is 0 Å². The largest absolute Gasteiger partial charge is 0.329 e. The van der Waals surface area contributed by atoms with Crippen LogP contribution in [-0.2, 0) is 0 Å². The molecule has 1 saturated heterocycles. The Kier molecular flexibility index (Phi) is 3.38. The number of rotatable bonds is 3. The Labute approximate surface area is 124 Å². The van der Waals surface area contributed by atoms with E-state index >= 15 is 0 Å². The first-order valence-electron chi connectivity index (χ1n) is 9.11. The summed E-state index contributed by atoms with van der Waals surface area (Å²) in [6.45, 7) is 5.98. The molecule has 2 N–H and O–H groups in total. The fourth-order valence-corrected chi connectivity index (χ4v) is 6.83. The predicted octanol–water partition coefficient (Wildman–Crippen LogP) is 3.26. The van der Waals surface area contributed by atoms with Crippen LogP contribution in [0.4, 0.5) is 0 Å². The summed E-state index contributed by atoms with van der Waals surface area (Å²) in [4.78, 5) is 2.81. The molecule has 0 aromatic rings. The summed E-state index contributed by atoms with van der Waals surface area (Å²) in [7, 11) is 0. The van der Waals surface area contributed by atoms with Gasteiger partial charge in [0.15, 0.2) is 0 Å². The lowest BCUT2D eigenvalue weighted by Gasteiger charge is -2.59. The minimum absolute atomic E-state index is 0.664. The number of piperidine rings is 1. The second-order valence-corrected chi connectivity index (χ2v) is 8.81. The van der Waals surface area contributed by atoms with Gasteiger partial charge in [0.2, 0.25) is 0 Å². The van der Waals surface area contributed by atoms with Crippen LogP contribution in [-0.4, -0.2) is 30.6 Å². The van der Waals surface area contributed by atoms with Gasteiger partial charge in [-0.2, -0.15) is 0 Å². The summed E-state index contributed by atoms with van der Waals surface area (Å²) in [5, 5.41) is 0. The third-order valence-corrected chi connectivity index (χ3v) is 7.18. The molecule has 5 rings (SSSR count). The molecule has 4 saturated carbocycles. The highest BCUT2D eigenvalue weighted by Crippen LogP contribution is 2.60. The summed E-state index contributed by atoms with van der Waals surface area (Å²) in [6, 6.07) is 0.664. The summed E-state index contributed by atoms with van der Waals surface area (Å²) in [6.07, 6.45) is 12.1. The maximum atomic E-state index is 6.11. The summed E-state index contributed by atoms with van der Waals surface area (Å²) in [5.74, 6) is 4.06. The maximum Gasteiger partial charge on any atom is 0.0244 e. The van der Waals surface area contributed by atoms with E-state index in [1.54, 1.807) is 38.5 Å². The van der Waals surface area contributed by atoms with Gasteiger partial charge in [-0.15, -0.1) is 0 Å². The van der Waals surface area contributed by atoms with Gasteiger partial charge in [0.25, 0.3) is 0 Å². The lowest BCUT2D eigenvalue weighted by atomic mass is 9.49. The minimum Gasteiger partial charge on any atom is -0.329 e. The van der Waals surface area contributed by atoms with Crippen molar-refractivity contribution in [3.63, 3.8) is 0 Å². The average Bonchev–Trinajstić information content (AvgIpc) is 2.36. The van der Waals surface area contributed by atoms with Crippen molar-refractivity contribution >= 4 is 0 Å². The Morgan fingerprint density at radius 2 is 1.65 bits per heavy atom. The Morgan fingerprint density at radius 3 is 2.20 bits per heavy atom. The minimum atomic E-state index is 0.664. The predicted molar refractivity (Wildman–Crippen MR) is 83.4 cm³/mol. The van der Waals surface area contributed by atoms with E-state index in [2.05, 4.69) is 11.8 Å². The molecule has 2 unspecified atom stereocenters. The molecule has 0 spiro atoms. The fraction of sp³-hybridized carbons (Fsp3) is 1.00. The van der Waals surface area contributed by atoms with Gasteiger partial charge >= 0.3 is 0 Å². The molecule has 5 aliphatic rings. The van der Waals surface area contributed by atoms with Crippen LogP contribution in [0.15, 0.2) is 0 Å². The second kappa shape index (κ2) is 4.98. The van der Waals surface area contributed by atoms with E-state index in [-0.39, 0.29) is 0 Å². The van der Waals surface area contributed by atoms with Crippen LogP contribution >= 0.6 is 0 Å². The number of nitrogens with two attached hydrogens (primary N) is 1. The molecule has 4 bridgehead atoms. The highest BCUT2D eigenvalue weighted by atomic mass is 15.2. The molecule has 5 fully saturated rings. The molecular formula is C18H32N2. The zero-order valence-corrected chi connectivity index (χ0v) is 13.2. The third-order valence-electron chi connectivity index (χ3n) is 7.18. The van der Waals surface area contributed by atoms with Gasteiger partial charge < -0.3 is 5.73 Å². The van der Waals surface area contributed by atoms with Gasteiger partial charge in [0.1, 0.15) is 0 Å². The molecule has 20 heavy (non-hydrogen) atoms. The smallest absolute Gasteiger partial charge is 0.0244 e. The number of hydrogen-bond acceptors (Lipinski definition) is 2. The van der Waals surface area contributed by atoms with Crippen molar-refractivity contribution in [3.8, 4) is 0 Å². The topological polar surface area (TPSA) is 29.3 Å². The first kappa shape index (κ1) is 13.6. The van der Waals surface area contributed by atoms with Crippen LogP contribution in [0.2, 0.25) is 0 Å². The lowest BCUT2D eigenvalue weighted by molar-refractivity contribution is -0.0809. The molecule has 0 radical (unpaired) electrons. The van der Waals surface area contributed by atoms with Gasteiger partial charge in [-0.3, -0.25) is 4.90 Å². The van der Waals surface area contributed by atoms with Crippen LogP contribution in [0.1, 0.15) is 58.3 Å². The number of hydrogen-bond donors (Lipinski definition) is 1. The standard InChI is InChI=1S/C18H32N2/c1-13-3-2-4-20(17(13)11-19)12-18-8-14-5-15(9-18)7-16(6-14)10-18/h13-17H,2-12,19H2,1H3. The van der Waals surface area contributed by atoms with Crippen molar-refractivity contribution in [2.45, 2.75) is 64.3 Å². The van der Waals surface area contributed by atoms with E-state index in [0.717, 1.165) is 30.2 Å². The second-order valence-electron chi connectivity index (χ2n) is 8.81. The molecule has 2 atom stereocenters. The molecule has 0 amide bonds. The molecular weight excluding hydrogens is 244 g/mol. The molecule has 1 heterocycles. The number of nitrogens with zero attached hydrogens (tertiary/aromatic N) is 1. The van der Waals surface area contributed by atoms with Crippen molar-refractivity contribution in [2.24, 2.45) is 34.8 Å². The zero-order chi connectivity index (χ0) is 13.7. The summed E-state index contributed by atoms with van der Waals surface area (Å²) >= 11 is 0. The van der Waals surface area contributed by atoms with Crippen LogP contribution < -0.4 is 5.73 Å². The molecule has 1 aliphatic heterocycles. The van der Waals surface area contributed by atoms with E-state index in [4.69, 9.17) is 5.73 Å². The van der Waals surface area contributed by atoms with Crippen LogP contribution in [0.25, 0.3) is 0 Å². The van der Waals surface area contributed by atoms with Crippen molar-refractivity contribution in [3.05, 3.63) is 0 Å². The lowest BCUT2D eigenvalue weighted by Crippen LogP contribution is -2.56. The zero-order valence-electron chi connectivity index (χ0n) is 13.2. The molecule has 114 valence electrons. The Balaban J connectivity index is 1.50. The SMILES string of the molecule is CC1CCCN(CC23CC4CC(CC(C4)C2)C3)C1CN. The van der Waals surface area contributed by atoms with Crippen LogP contribution in [0, 0.1) is 29.1 Å². The normalized spacial score (nSPS) is 51.6. The monoisotopic (exact) mass is 276 g/mol. The molecule has 4 aliphatic carbocycles. The number of likely N-dealkylation sites (tertiary alicyclic amines) is 1. The van der Waals surface area contributed by atoms with E-state index < -0.39 is 0 Å². The van der Waals surface area contributed by atoms with E-state index in [0.29, 0.717) is 11.5 Å². The van der Waals surface area contributed by atoms with Gasteiger partial charge in [-0.05, 0) is 87.0 Å². The van der Waals surface area contributed by atoms with Gasteiger partial charge in [0.05, 0.1) is 0 Å². The Morgan fingerprint density at radius 1 is 1.05 bits per heavy atom. The first-order valence-corrected chi connectivity index (χ1v) is 9.11. The van der Waals surface area contributed by atoms with E-state index in [9.17, 15) is 0 Å². The third kappa shape index (κ3) is 2.23. The van der Waals surface area contributed by atoms with Gasteiger partial charge in [-0.1, -0.05) is 6.92 Å². The van der Waals surface area contributed by atoms with E-state index in [1.165, 1.54) is 25.9 Å². The highest BCUT2D eigenvalue weighted by molar-refractivity contribution is 5.03. The molecule has 2 nitrogen and oxygen atoms in total. The van der Waals surface area contributed by atoms with Gasteiger partial charge in [0, 0.05) is 19.1 Å². The van der Waals surface area contributed by atoms with Crippen molar-refractivity contribution in [2.75, 3.05) is 19.6 Å². The summed E-state index contributed by atoms with van der Waals surface area (Å²) < 4.78 is 0. The molecule has 0 aromatic carbocycles. The average molecular weight is 276 g/mol. The fourth-order valence-electron chi connectivity index (χ4n) is 6.83. The molecule has 2 heteroatoms. The quantitative estimate of drug-likeness (QED) is 0.857. The van der Waals surface area contributed by atoms with E-state index in [1.807, 2.05) is 0 Å². The van der Waals surface area contributed by atoms with Crippen LogP contribution in [0.5, 0.6) is 0 Å². The maximum absolute atomic E-state index is 6.11. The first-order chi connectivity index (χ1) is 9.67. The van der Waals surface area contributed by atoms with Crippen molar-refractivity contribution in [1.82, 2.24) is 4.90 Å². The van der Waals surface area contributed by atoms with Crippen LogP contribution in [0.3, 0.4) is 0 Å². The highest BCUT2D eigenvalue weighted by Gasteiger charge is 2.51.